The predicted octanol–water partition coefficient (Wildman–Crippen LogP) is 2.95. The monoisotopic (exact) mass is 420 g/mol. The molecule has 0 radical (unpaired) electrons. The molecular weight excluding hydrogens is 388 g/mol. The molecule has 1 aromatic carbocycles. The first kappa shape index (κ1) is 23.7. The molecule has 166 valence electrons. The molecule has 1 aromatic rings. The van der Waals surface area contributed by atoms with Crippen molar-refractivity contribution in [3.63, 3.8) is 0 Å². The lowest BCUT2D eigenvalue weighted by Crippen LogP contribution is -2.59. The molecule has 0 saturated carbocycles. The number of carbonyl (C=O) groups excluding carboxylic acids is 3. The lowest BCUT2D eigenvalue weighted by Gasteiger charge is -2.48. The maximum Gasteiger partial charge on any atom is 0.409 e. The summed E-state index contributed by atoms with van der Waals surface area (Å²) >= 11 is 0. The SMILES string of the molecule is CCC1(OC(C)=O)CC(OC(C)=O)CCN1CCN(C)C(=O)OCc1ccccc1. The highest BCUT2D eigenvalue weighted by Crippen LogP contribution is 2.34. The van der Waals surface area contributed by atoms with Crippen molar-refractivity contribution in [2.24, 2.45) is 0 Å². The number of esters is 2. The van der Waals surface area contributed by atoms with Crippen LogP contribution < -0.4 is 0 Å². The summed E-state index contributed by atoms with van der Waals surface area (Å²) in [6.45, 7) is 6.40. The van der Waals surface area contributed by atoms with E-state index in [1.54, 1.807) is 7.05 Å². The molecule has 8 heteroatoms. The maximum absolute atomic E-state index is 12.3. The van der Waals surface area contributed by atoms with E-state index in [-0.39, 0.29) is 24.6 Å². The Morgan fingerprint density at radius 1 is 1.17 bits per heavy atom. The van der Waals surface area contributed by atoms with Gasteiger partial charge in [0.2, 0.25) is 0 Å². The van der Waals surface area contributed by atoms with Gasteiger partial charge in [-0.3, -0.25) is 14.5 Å². The number of rotatable bonds is 8. The average Bonchev–Trinajstić information content (AvgIpc) is 2.71. The van der Waals surface area contributed by atoms with Crippen molar-refractivity contribution in [3.8, 4) is 0 Å². The summed E-state index contributed by atoms with van der Waals surface area (Å²) in [7, 11) is 1.68. The smallest absolute Gasteiger partial charge is 0.409 e. The normalized spacial score (nSPS) is 21.5. The number of piperidine rings is 1. The number of carbonyl (C=O) groups is 3. The highest BCUT2D eigenvalue weighted by atomic mass is 16.6. The van der Waals surface area contributed by atoms with Crippen molar-refractivity contribution in [1.82, 2.24) is 9.80 Å². The topological polar surface area (TPSA) is 85.4 Å². The number of hydrogen-bond donors (Lipinski definition) is 0. The molecule has 2 rings (SSSR count). The molecule has 0 bridgehead atoms. The van der Waals surface area contributed by atoms with Crippen molar-refractivity contribution in [2.75, 3.05) is 26.7 Å². The zero-order valence-electron chi connectivity index (χ0n) is 18.3. The minimum Gasteiger partial charge on any atom is -0.462 e. The fraction of sp³-hybridized carbons (Fsp3) is 0.591. The number of ether oxygens (including phenoxy) is 3. The third-order valence-corrected chi connectivity index (χ3v) is 5.28. The van der Waals surface area contributed by atoms with Crippen LogP contribution in [0.15, 0.2) is 30.3 Å². The van der Waals surface area contributed by atoms with Crippen LogP contribution in [0.5, 0.6) is 0 Å². The zero-order valence-corrected chi connectivity index (χ0v) is 18.3. The number of benzene rings is 1. The lowest BCUT2D eigenvalue weighted by molar-refractivity contribution is -0.207. The van der Waals surface area contributed by atoms with E-state index in [4.69, 9.17) is 14.2 Å². The molecule has 2 unspecified atom stereocenters. The standard InChI is InChI=1S/C22H32N2O6/c1-5-22(30-18(3)26)15-20(29-17(2)25)11-12-24(22)14-13-23(4)21(27)28-16-19-9-7-6-8-10-19/h6-10,20H,5,11-16H2,1-4H3. The Kier molecular flexibility index (Phi) is 8.65. The Morgan fingerprint density at radius 3 is 2.47 bits per heavy atom. The van der Waals surface area contributed by atoms with Crippen molar-refractivity contribution in [1.29, 1.82) is 0 Å². The van der Waals surface area contributed by atoms with E-state index in [1.807, 2.05) is 37.3 Å². The van der Waals surface area contributed by atoms with Gasteiger partial charge in [0.1, 0.15) is 12.7 Å². The van der Waals surface area contributed by atoms with Crippen LogP contribution in [0.2, 0.25) is 0 Å². The van der Waals surface area contributed by atoms with Gasteiger partial charge in [-0.2, -0.15) is 0 Å². The molecule has 0 aliphatic carbocycles. The van der Waals surface area contributed by atoms with E-state index < -0.39 is 11.8 Å². The van der Waals surface area contributed by atoms with Gasteiger partial charge in [0.25, 0.3) is 0 Å². The van der Waals surface area contributed by atoms with Crippen LogP contribution in [0.25, 0.3) is 0 Å². The van der Waals surface area contributed by atoms with Gasteiger partial charge < -0.3 is 19.1 Å². The second kappa shape index (κ2) is 11.0. The molecule has 0 aromatic heterocycles. The number of likely N-dealkylation sites (N-methyl/N-ethyl adjacent to an activating group) is 1. The molecule has 1 aliphatic heterocycles. The van der Waals surface area contributed by atoms with Gasteiger partial charge in [-0.15, -0.1) is 0 Å². The molecule has 1 aliphatic rings. The Bertz CT molecular complexity index is 726. The fourth-order valence-corrected chi connectivity index (χ4v) is 3.75. The van der Waals surface area contributed by atoms with E-state index in [1.165, 1.54) is 18.7 Å². The van der Waals surface area contributed by atoms with Gasteiger partial charge in [-0.05, 0) is 18.4 Å². The quantitative estimate of drug-likeness (QED) is 0.472. The second-order valence-corrected chi connectivity index (χ2v) is 7.57. The van der Waals surface area contributed by atoms with E-state index in [0.717, 1.165) is 5.56 Å². The Morgan fingerprint density at radius 2 is 1.87 bits per heavy atom. The fourth-order valence-electron chi connectivity index (χ4n) is 3.75. The van der Waals surface area contributed by atoms with Crippen molar-refractivity contribution in [2.45, 2.75) is 58.5 Å². The number of hydrogen-bond acceptors (Lipinski definition) is 7. The molecular formula is C22H32N2O6. The molecule has 8 nitrogen and oxygen atoms in total. The molecule has 0 N–H and O–H groups in total. The first-order valence-electron chi connectivity index (χ1n) is 10.3. The number of nitrogens with zero attached hydrogens (tertiary/aromatic N) is 2. The summed E-state index contributed by atoms with van der Waals surface area (Å²) in [5, 5.41) is 0. The van der Waals surface area contributed by atoms with Crippen molar-refractivity contribution in [3.05, 3.63) is 35.9 Å². The molecule has 1 heterocycles. The maximum atomic E-state index is 12.3. The molecule has 0 spiro atoms. The van der Waals surface area contributed by atoms with Crippen LogP contribution >= 0.6 is 0 Å². The summed E-state index contributed by atoms with van der Waals surface area (Å²) in [4.78, 5) is 39.0. The van der Waals surface area contributed by atoms with Crippen LogP contribution in [-0.4, -0.2) is 66.3 Å². The van der Waals surface area contributed by atoms with Crippen LogP contribution in [-0.2, 0) is 30.4 Å². The van der Waals surface area contributed by atoms with E-state index in [0.29, 0.717) is 38.9 Å². The second-order valence-electron chi connectivity index (χ2n) is 7.57. The molecule has 30 heavy (non-hydrogen) atoms. The van der Waals surface area contributed by atoms with E-state index >= 15 is 0 Å². The highest BCUT2D eigenvalue weighted by Gasteiger charge is 2.45. The average molecular weight is 421 g/mol. The summed E-state index contributed by atoms with van der Waals surface area (Å²) < 4.78 is 16.4. The van der Waals surface area contributed by atoms with Gasteiger partial charge in [-0.1, -0.05) is 37.3 Å². The summed E-state index contributed by atoms with van der Waals surface area (Å²) in [6.07, 6.45) is 0.886. The van der Waals surface area contributed by atoms with Gasteiger partial charge in [0.05, 0.1) is 0 Å². The molecule has 1 fully saturated rings. The van der Waals surface area contributed by atoms with Crippen molar-refractivity contribution >= 4 is 18.0 Å². The zero-order chi connectivity index (χ0) is 22.1. The van der Waals surface area contributed by atoms with Gasteiger partial charge in [0.15, 0.2) is 5.72 Å². The third-order valence-electron chi connectivity index (χ3n) is 5.28. The molecule has 2 atom stereocenters. The first-order chi connectivity index (χ1) is 14.3. The van der Waals surface area contributed by atoms with Crippen LogP contribution in [0.1, 0.15) is 45.6 Å². The summed E-state index contributed by atoms with van der Waals surface area (Å²) in [5.41, 5.74) is 0.0607. The first-order valence-corrected chi connectivity index (χ1v) is 10.3. The van der Waals surface area contributed by atoms with Crippen LogP contribution in [0.3, 0.4) is 0 Å². The summed E-state index contributed by atoms with van der Waals surface area (Å²) in [6, 6.07) is 9.49. The predicted molar refractivity (Wildman–Crippen MR) is 110 cm³/mol. The minimum atomic E-state index is -0.862. The van der Waals surface area contributed by atoms with Gasteiger partial charge in [0, 0.05) is 47.0 Å². The Hall–Kier alpha value is -2.61. The highest BCUT2D eigenvalue weighted by molar-refractivity contribution is 5.67. The van der Waals surface area contributed by atoms with Gasteiger partial charge in [-0.25, -0.2) is 4.79 Å². The Labute approximate surface area is 178 Å². The molecule has 1 saturated heterocycles. The van der Waals surface area contributed by atoms with Crippen molar-refractivity contribution < 1.29 is 28.6 Å². The number of likely N-dealkylation sites (tertiary alicyclic amines) is 1. The third kappa shape index (κ3) is 6.73. The van der Waals surface area contributed by atoms with E-state index in [2.05, 4.69) is 4.90 Å². The largest absolute Gasteiger partial charge is 0.462 e. The van der Waals surface area contributed by atoms with Crippen LogP contribution in [0, 0.1) is 0 Å². The van der Waals surface area contributed by atoms with E-state index in [9.17, 15) is 14.4 Å². The van der Waals surface area contributed by atoms with Gasteiger partial charge >= 0.3 is 18.0 Å². The summed E-state index contributed by atoms with van der Waals surface area (Å²) in [5.74, 6) is -0.733. The van der Waals surface area contributed by atoms with Crippen LogP contribution in [0.4, 0.5) is 4.79 Å². The molecule has 1 amide bonds. The minimum absolute atomic E-state index is 0.212. The number of amides is 1. The lowest BCUT2D eigenvalue weighted by atomic mass is 9.93. The Balaban J connectivity index is 1.95.